The first-order valence-electron chi connectivity index (χ1n) is 9.52. The van der Waals surface area contributed by atoms with Crippen molar-refractivity contribution >= 4 is 11.6 Å². The Labute approximate surface area is 153 Å². The second-order valence-corrected chi connectivity index (χ2v) is 7.64. The van der Waals surface area contributed by atoms with Crippen LogP contribution in [0.15, 0.2) is 48.5 Å². The van der Waals surface area contributed by atoms with Gasteiger partial charge in [0.15, 0.2) is 0 Å². The highest BCUT2D eigenvalue weighted by Crippen LogP contribution is 2.52. The van der Waals surface area contributed by atoms with Crippen LogP contribution in [0.5, 0.6) is 5.75 Å². The zero-order valence-corrected chi connectivity index (χ0v) is 14.7. The molecule has 0 radical (unpaired) electrons. The van der Waals surface area contributed by atoms with Crippen LogP contribution in [0.25, 0.3) is 0 Å². The zero-order valence-electron chi connectivity index (χ0n) is 14.7. The molecule has 1 fully saturated rings. The van der Waals surface area contributed by atoms with E-state index in [4.69, 9.17) is 9.47 Å². The SMILES string of the molecule is O=C1Nc2ccccc2C12CC(CC1CCOCC1)Oc1ccccc12. The highest BCUT2D eigenvalue weighted by molar-refractivity contribution is 6.09. The number of ether oxygens (including phenoxy) is 2. The Kier molecular flexibility index (Phi) is 3.75. The van der Waals surface area contributed by atoms with Crippen molar-refractivity contribution in [1.29, 1.82) is 0 Å². The molecule has 3 aliphatic heterocycles. The van der Waals surface area contributed by atoms with E-state index in [1.165, 1.54) is 0 Å². The normalized spacial score (nSPS) is 27.5. The summed E-state index contributed by atoms with van der Waals surface area (Å²) in [6, 6.07) is 16.1. The number of carbonyl (C=O) groups excluding carboxylic acids is 1. The summed E-state index contributed by atoms with van der Waals surface area (Å²) < 4.78 is 11.9. The average molecular weight is 349 g/mol. The fourth-order valence-corrected chi connectivity index (χ4v) is 4.87. The predicted molar refractivity (Wildman–Crippen MR) is 99.5 cm³/mol. The van der Waals surface area contributed by atoms with Gasteiger partial charge in [-0.2, -0.15) is 0 Å². The van der Waals surface area contributed by atoms with E-state index in [9.17, 15) is 4.79 Å². The summed E-state index contributed by atoms with van der Waals surface area (Å²) in [6.07, 6.45) is 3.89. The average Bonchev–Trinajstić information content (AvgIpc) is 2.95. The molecule has 1 amide bonds. The van der Waals surface area contributed by atoms with E-state index in [2.05, 4.69) is 11.4 Å². The minimum atomic E-state index is -0.638. The van der Waals surface area contributed by atoms with Gasteiger partial charge in [-0.3, -0.25) is 4.79 Å². The zero-order chi connectivity index (χ0) is 17.6. The van der Waals surface area contributed by atoms with Crippen molar-refractivity contribution in [2.45, 2.75) is 37.2 Å². The molecule has 5 rings (SSSR count). The van der Waals surface area contributed by atoms with Crippen LogP contribution < -0.4 is 10.1 Å². The summed E-state index contributed by atoms with van der Waals surface area (Å²) in [4.78, 5) is 13.2. The van der Waals surface area contributed by atoms with E-state index < -0.39 is 5.41 Å². The first-order chi connectivity index (χ1) is 12.8. The van der Waals surface area contributed by atoms with Crippen molar-refractivity contribution in [3.05, 3.63) is 59.7 Å². The lowest BCUT2D eigenvalue weighted by Crippen LogP contribution is -2.45. The Bertz CT molecular complexity index is 843. The van der Waals surface area contributed by atoms with Gasteiger partial charge in [0.1, 0.15) is 17.3 Å². The van der Waals surface area contributed by atoms with Crippen molar-refractivity contribution in [2.24, 2.45) is 5.92 Å². The Balaban J connectivity index is 1.57. The molecule has 1 saturated heterocycles. The van der Waals surface area contributed by atoms with Crippen molar-refractivity contribution in [3.8, 4) is 5.75 Å². The maximum atomic E-state index is 13.2. The number of fused-ring (bicyclic) bond motifs is 4. The fraction of sp³-hybridized carbons (Fsp3) is 0.409. The molecule has 0 aromatic heterocycles. The summed E-state index contributed by atoms with van der Waals surface area (Å²) >= 11 is 0. The van der Waals surface area contributed by atoms with Crippen molar-refractivity contribution < 1.29 is 14.3 Å². The van der Waals surface area contributed by atoms with Crippen molar-refractivity contribution in [3.63, 3.8) is 0 Å². The molecule has 2 unspecified atom stereocenters. The summed E-state index contributed by atoms with van der Waals surface area (Å²) in [5.74, 6) is 1.53. The van der Waals surface area contributed by atoms with Crippen LogP contribution in [0, 0.1) is 5.92 Å². The third-order valence-corrected chi connectivity index (χ3v) is 6.13. The molecule has 1 N–H and O–H groups in total. The van der Waals surface area contributed by atoms with Gasteiger partial charge in [0.25, 0.3) is 0 Å². The van der Waals surface area contributed by atoms with E-state index in [1.54, 1.807) is 0 Å². The van der Waals surface area contributed by atoms with Crippen LogP contribution in [-0.4, -0.2) is 25.2 Å². The van der Waals surface area contributed by atoms with E-state index in [1.807, 2.05) is 42.5 Å². The van der Waals surface area contributed by atoms with E-state index in [0.29, 0.717) is 12.3 Å². The Morgan fingerprint density at radius 2 is 1.73 bits per heavy atom. The number of nitrogens with one attached hydrogen (secondary N) is 1. The molecule has 2 aromatic carbocycles. The van der Waals surface area contributed by atoms with Crippen LogP contribution >= 0.6 is 0 Å². The van der Waals surface area contributed by atoms with E-state index in [-0.39, 0.29) is 12.0 Å². The van der Waals surface area contributed by atoms with Gasteiger partial charge in [0.05, 0.1) is 0 Å². The van der Waals surface area contributed by atoms with E-state index in [0.717, 1.165) is 55.0 Å². The predicted octanol–water partition coefficient (Wildman–Crippen LogP) is 3.89. The van der Waals surface area contributed by atoms with Gasteiger partial charge in [-0.05, 0) is 42.9 Å². The van der Waals surface area contributed by atoms with Gasteiger partial charge in [0, 0.05) is 30.9 Å². The number of anilines is 1. The maximum absolute atomic E-state index is 13.2. The molecule has 3 aliphatic rings. The molecule has 26 heavy (non-hydrogen) atoms. The Hall–Kier alpha value is -2.33. The number of para-hydroxylation sites is 2. The van der Waals surface area contributed by atoms with Gasteiger partial charge in [-0.25, -0.2) is 0 Å². The monoisotopic (exact) mass is 349 g/mol. The fourth-order valence-electron chi connectivity index (χ4n) is 4.87. The summed E-state index contributed by atoms with van der Waals surface area (Å²) in [5, 5.41) is 3.11. The molecule has 4 heteroatoms. The smallest absolute Gasteiger partial charge is 0.239 e. The molecule has 2 atom stereocenters. The van der Waals surface area contributed by atoms with Gasteiger partial charge >= 0.3 is 0 Å². The van der Waals surface area contributed by atoms with Gasteiger partial charge in [-0.1, -0.05) is 36.4 Å². The highest BCUT2D eigenvalue weighted by Gasteiger charge is 2.53. The molecule has 0 saturated carbocycles. The van der Waals surface area contributed by atoms with Crippen LogP contribution in [0.2, 0.25) is 0 Å². The van der Waals surface area contributed by atoms with Crippen molar-refractivity contribution in [2.75, 3.05) is 18.5 Å². The maximum Gasteiger partial charge on any atom is 0.239 e. The second-order valence-electron chi connectivity index (χ2n) is 7.64. The number of hydrogen-bond donors (Lipinski definition) is 1. The minimum absolute atomic E-state index is 0.0462. The number of benzene rings is 2. The van der Waals surface area contributed by atoms with Gasteiger partial charge < -0.3 is 14.8 Å². The Morgan fingerprint density at radius 1 is 1.00 bits per heavy atom. The second kappa shape index (κ2) is 6.13. The van der Waals surface area contributed by atoms with Crippen LogP contribution in [0.3, 0.4) is 0 Å². The molecular formula is C22H23NO3. The molecule has 3 heterocycles. The van der Waals surface area contributed by atoms with Crippen molar-refractivity contribution in [1.82, 2.24) is 0 Å². The van der Waals surface area contributed by atoms with Crippen LogP contribution in [0.4, 0.5) is 5.69 Å². The van der Waals surface area contributed by atoms with Crippen LogP contribution in [-0.2, 0) is 14.9 Å². The summed E-state index contributed by atoms with van der Waals surface area (Å²) in [5.41, 5.74) is 2.36. The summed E-state index contributed by atoms with van der Waals surface area (Å²) in [6.45, 7) is 1.67. The lowest BCUT2D eigenvalue weighted by atomic mass is 9.69. The summed E-state index contributed by atoms with van der Waals surface area (Å²) in [7, 11) is 0. The molecule has 1 spiro atoms. The Morgan fingerprint density at radius 3 is 2.58 bits per heavy atom. The van der Waals surface area contributed by atoms with E-state index >= 15 is 0 Å². The van der Waals surface area contributed by atoms with Crippen LogP contribution in [0.1, 0.15) is 36.8 Å². The third-order valence-electron chi connectivity index (χ3n) is 6.13. The lowest BCUT2D eigenvalue weighted by molar-refractivity contribution is -0.121. The number of hydrogen-bond acceptors (Lipinski definition) is 3. The molecule has 134 valence electrons. The number of rotatable bonds is 2. The van der Waals surface area contributed by atoms with Gasteiger partial charge in [-0.15, -0.1) is 0 Å². The number of carbonyl (C=O) groups is 1. The van der Waals surface area contributed by atoms with Gasteiger partial charge in [0.2, 0.25) is 5.91 Å². The molecule has 0 bridgehead atoms. The third kappa shape index (κ3) is 2.36. The minimum Gasteiger partial charge on any atom is -0.490 e. The largest absolute Gasteiger partial charge is 0.490 e. The molecule has 0 aliphatic carbocycles. The standard InChI is InChI=1S/C22H23NO3/c24-21-22(17-5-1-3-7-19(17)23-21)14-16(13-15-9-11-25-12-10-15)26-20-8-4-2-6-18(20)22/h1-8,15-16H,9-14H2,(H,23,24). The highest BCUT2D eigenvalue weighted by atomic mass is 16.5. The quantitative estimate of drug-likeness (QED) is 0.895. The first kappa shape index (κ1) is 15.9. The lowest BCUT2D eigenvalue weighted by Gasteiger charge is -2.40. The molecule has 2 aromatic rings. The molecule has 4 nitrogen and oxygen atoms in total. The molecular weight excluding hydrogens is 326 g/mol. The number of amides is 1. The first-order valence-corrected chi connectivity index (χ1v) is 9.52. The topological polar surface area (TPSA) is 47.6 Å².